The van der Waals surface area contributed by atoms with Gasteiger partial charge in [-0.25, -0.2) is 9.59 Å². The zero-order valence-electron chi connectivity index (χ0n) is 65.7. The van der Waals surface area contributed by atoms with E-state index in [0.717, 1.165) is 111 Å². The lowest BCUT2D eigenvalue weighted by Crippen LogP contribution is -2.36. The van der Waals surface area contributed by atoms with Gasteiger partial charge < -0.3 is 56.8 Å². The minimum absolute atomic E-state index is 0.0864. The van der Waals surface area contributed by atoms with Crippen molar-refractivity contribution in [1.29, 1.82) is 0 Å². The van der Waals surface area contributed by atoms with Crippen LogP contribution >= 0.6 is 6.89 Å². The van der Waals surface area contributed by atoms with Crippen LogP contribution in [0.4, 0.5) is 0 Å². The average molecular weight is 1480 g/mol. The van der Waals surface area contributed by atoms with Crippen molar-refractivity contribution in [3.63, 3.8) is 0 Å². The third kappa shape index (κ3) is 32.5. The molecule has 3 aromatic rings. The Morgan fingerprint density at radius 1 is 0.371 bits per heavy atom. The Kier molecular flexibility index (Phi) is 33.5. The minimum Gasteiger partial charge on any atom is -0.466 e. The van der Waals surface area contributed by atoms with Crippen molar-refractivity contribution < 1.29 is 95.2 Å². The summed E-state index contributed by atoms with van der Waals surface area (Å²) in [5.74, 6) is 1.29. The first-order valence-electron chi connectivity index (χ1n) is 38.0. The van der Waals surface area contributed by atoms with Gasteiger partial charge in [0.25, 0.3) is 0 Å². The summed E-state index contributed by atoms with van der Waals surface area (Å²) in [5.41, 5.74) is -1.05. The predicted molar refractivity (Wildman–Crippen MR) is 405 cm³/mol. The lowest BCUT2D eigenvalue weighted by molar-refractivity contribution is -0.185. The number of allylic oxidation sites excluding steroid dienone is 1. The highest BCUT2D eigenvalue weighted by Gasteiger charge is 2.43. The van der Waals surface area contributed by atoms with E-state index in [1.807, 2.05) is 164 Å². The van der Waals surface area contributed by atoms with Crippen LogP contribution in [0.2, 0.25) is 0 Å². The summed E-state index contributed by atoms with van der Waals surface area (Å²) in [6.07, 6.45) is 17.7. The van der Waals surface area contributed by atoms with Crippen LogP contribution in [-0.2, 0) is 95.2 Å². The molecular formula is C84H123O20P. The average Bonchev–Trinajstić information content (AvgIpc) is 1.61. The topological polar surface area (TPSA) is 247 Å². The minimum atomic E-state index is -2.29. The molecule has 0 amide bonds. The van der Waals surface area contributed by atoms with Gasteiger partial charge in [0, 0.05) is 102 Å². The molecule has 4 saturated carbocycles. The summed E-state index contributed by atoms with van der Waals surface area (Å²) < 4.78 is 65.3. The second kappa shape index (κ2) is 40.2. The van der Waals surface area contributed by atoms with Crippen LogP contribution in [0.3, 0.4) is 0 Å². The normalized spacial score (nSPS) is 20.9. The highest BCUT2D eigenvalue weighted by atomic mass is 31.2. The highest BCUT2D eigenvalue weighted by molar-refractivity contribution is 7.95. The summed E-state index contributed by atoms with van der Waals surface area (Å²) in [5, 5.41) is 3.40. The van der Waals surface area contributed by atoms with E-state index in [2.05, 4.69) is 36.4 Å². The number of carbonyl (C=O) groups excluding carboxylic acids is 8. The number of benzene rings is 3. The van der Waals surface area contributed by atoms with Crippen molar-refractivity contribution >= 4 is 76.0 Å². The summed E-state index contributed by atoms with van der Waals surface area (Å²) >= 11 is 0. The zero-order chi connectivity index (χ0) is 77.2. The Morgan fingerprint density at radius 3 is 1.04 bits per heavy atom. The van der Waals surface area contributed by atoms with E-state index in [1.165, 1.54) is 0 Å². The summed E-state index contributed by atoms with van der Waals surface area (Å²) in [4.78, 5) is 92.4. The van der Waals surface area contributed by atoms with Crippen LogP contribution in [0.1, 0.15) is 245 Å². The van der Waals surface area contributed by atoms with Gasteiger partial charge in [0.1, 0.15) is 39.6 Å². The second-order valence-electron chi connectivity index (χ2n) is 33.3. The lowest BCUT2D eigenvalue weighted by Gasteiger charge is -2.35. The first-order valence-corrected chi connectivity index (χ1v) is 39.8. The first kappa shape index (κ1) is 87.5. The SMILES string of the molecule is CC(C)(C)OC(=O)C=C1CCC2(CC1)OCCO2.CC(C)(C)OC(=O)C=P(c1ccccc1)(c1ccccc1)c1ccccc1.CC(C)(C)OC(=O)CC1CCC(=O)CC1.CC(C)(C)OC(=O)CC1CCC2(CC1)OCCO2.CC(C)(C)OC(=O)CC1CCOC(=O)CC1.O=C1CCC2(CC1)OCCO2. The molecule has 4 aliphatic heterocycles. The van der Waals surface area contributed by atoms with Crippen LogP contribution in [0.5, 0.6) is 0 Å². The van der Waals surface area contributed by atoms with Crippen molar-refractivity contribution in [2.75, 3.05) is 46.2 Å². The molecular weight excluding hydrogens is 1360 g/mol. The molecule has 1 unspecified atom stereocenters. The Hall–Kier alpha value is -6.38. The fourth-order valence-electron chi connectivity index (χ4n) is 13.5. The summed E-state index contributed by atoms with van der Waals surface area (Å²) in [7, 11) is 0. The predicted octanol–water partition coefficient (Wildman–Crippen LogP) is 14.8. The smallest absolute Gasteiger partial charge is 0.332 e. The standard InChI is InChI=1S/C24H25O2P.C14H24O4.C14H22O4.C12H20O4.C12H20O3.C8H12O3/c1-24(2,3)26-23(25)19-27(20-13-7-4-8-14-20,21-15-9-5-10-16-21)22-17-11-6-12-18-22;2*1-13(2,3)18-12(15)10-11-4-6-14(7-5-11)16-8-9-17-14;1-12(2,3)16-11(14)8-9-4-5-10(13)15-7-6-9;1-12(2,3)15-11(14)8-9-4-6-10(13)7-5-9;9-7-1-3-8(4-2-7)10-5-6-11-8/h4-19H,1-3H3;11H,4-10H2,1-3H3;10H,4-9H2,1-3H3;9H,4-8H2,1-3H3;9H,4-8H2,1-3H3;1-6H2. The number of hydrogen-bond donors (Lipinski definition) is 0. The molecule has 1 atom stereocenters. The second-order valence-corrected chi connectivity index (χ2v) is 36.6. The van der Waals surface area contributed by atoms with Crippen molar-refractivity contribution in [3.8, 4) is 0 Å². The molecule has 105 heavy (non-hydrogen) atoms. The van der Waals surface area contributed by atoms with Gasteiger partial charge >= 0.3 is 35.8 Å². The van der Waals surface area contributed by atoms with Gasteiger partial charge in [-0.2, -0.15) is 0 Å². The first-order chi connectivity index (χ1) is 49.2. The number of rotatable bonds is 11. The van der Waals surface area contributed by atoms with Crippen molar-refractivity contribution in [2.45, 2.75) is 290 Å². The molecule has 0 bridgehead atoms. The van der Waals surface area contributed by atoms with Crippen molar-refractivity contribution in [3.05, 3.63) is 103 Å². The maximum Gasteiger partial charge on any atom is 0.332 e. The third-order valence-electron chi connectivity index (χ3n) is 18.3. The van der Waals surface area contributed by atoms with Gasteiger partial charge in [0.2, 0.25) is 0 Å². The summed E-state index contributed by atoms with van der Waals surface area (Å²) in [6.45, 7) is 30.5. The number of cyclic esters (lactones) is 1. The van der Waals surface area contributed by atoms with Crippen molar-refractivity contribution in [2.24, 2.45) is 17.8 Å². The van der Waals surface area contributed by atoms with E-state index in [1.54, 1.807) is 6.08 Å². The molecule has 8 fully saturated rings. The van der Waals surface area contributed by atoms with E-state index in [0.29, 0.717) is 121 Å². The molecule has 20 nitrogen and oxygen atoms in total. The van der Waals surface area contributed by atoms with Crippen LogP contribution in [0.15, 0.2) is 103 Å². The van der Waals surface area contributed by atoms with Gasteiger partial charge in [-0.3, -0.25) is 28.8 Å². The van der Waals surface area contributed by atoms with Gasteiger partial charge in [0.15, 0.2) is 17.4 Å². The molecule has 11 rings (SSSR count). The Labute approximate surface area is 625 Å². The molecule has 584 valence electrons. The van der Waals surface area contributed by atoms with Gasteiger partial charge in [-0.1, -0.05) is 96.6 Å². The lowest BCUT2D eigenvalue weighted by atomic mass is 9.83. The van der Waals surface area contributed by atoms with E-state index in [9.17, 15) is 38.4 Å². The number of carbonyl (C=O) groups is 8. The molecule has 0 N–H and O–H groups in total. The third-order valence-corrected chi connectivity index (χ3v) is 22.2. The van der Waals surface area contributed by atoms with Crippen molar-refractivity contribution in [1.82, 2.24) is 0 Å². The number of Topliss-reactive ketones (excluding diaryl/α,β-unsaturated/α-hetero) is 2. The number of ether oxygens (including phenoxy) is 12. The molecule has 4 aliphatic carbocycles. The molecule has 3 aromatic carbocycles. The largest absolute Gasteiger partial charge is 0.466 e. The van der Waals surface area contributed by atoms with Gasteiger partial charge in [-0.15, -0.1) is 0 Å². The monoisotopic (exact) mass is 1480 g/mol. The zero-order valence-corrected chi connectivity index (χ0v) is 66.6. The number of hydrogen-bond acceptors (Lipinski definition) is 20. The molecule has 0 aromatic heterocycles. The molecule has 4 saturated heterocycles. The molecule has 8 aliphatic rings. The van der Waals surface area contributed by atoms with Crippen LogP contribution < -0.4 is 15.9 Å². The molecule has 4 heterocycles. The van der Waals surface area contributed by atoms with E-state index in [4.69, 9.17) is 56.8 Å². The quantitative estimate of drug-likeness (QED) is 0.0749. The fourth-order valence-corrected chi connectivity index (χ4v) is 17.1. The fraction of sp³-hybridized carbons (Fsp3) is 0.655. The maximum atomic E-state index is 12.9. The van der Waals surface area contributed by atoms with E-state index < -0.39 is 29.3 Å². The van der Waals surface area contributed by atoms with E-state index >= 15 is 0 Å². The highest BCUT2D eigenvalue weighted by Crippen LogP contribution is 2.45. The Bertz CT molecular complexity index is 3200. The maximum absolute atomic E-state index is 12.9. The Morgan fingerprint density at radius 2 is 0.676 bits per heavy atom. The van der Waals surface area contributed by atoms with Gasteiger partial charge in [-0.05, 0) is 196 Å². The van der Waals surface area contributed by atoms with Crippen LogP contribution in [0, 0.1) is 17.8 Å². The van der Waals surface area contributed by atoms with Crippen LogP contribution in [-0.4, -0.2) is 145 Å². The Balaban J connectivity index is 0.000000202. The molecule has 3 spiro atoms. The van der Waals surface area contributed by atoms with Crippen LogP contribution in [0.25, 0.3) is 0 Å². The molecule has 21 heteroatoms. The molecule has 0 radical (unpaired) electrons. The summed E-state index contributed by atoms with van der Waals surface area (Å²) in [6, 6.07) is 30.8. The number of ketones is 2. The van der Waals surface area contributed by atoms with Gasteiger partial charge in [0.05, 0.1) is 46.2 Å². The number of esters is 6. The van der Waals surface area contributed by atoms with E-state index in [-0.39, 0.29) is 64.7 Å².